The van der Waals surface area contributed by atoms with Gasteiger partial charge in [0.15, 0.2) is 0 Å². The van der Waals surface area contributed by atoms with Gasteiger partial charge in [-0.05, 0) is 40.5 Å². The summed E-state index contributed by atoms with van der Waals surface area (Å²) < 4.78 is 13.5. The topological polar surface area (TPSA) is 55.1 Å². The van der Waals surface area contributed by atoms with Crippen LogP contribution in [0.1, 0.15) is 13.3 Å². The van der Waals surface area contributed by atoms with Gasteiger partial charge in [0.2, 0.25) is 5.91 Å². The summed E-state index contributed by atoms with van der Waals surface area (Å²) in [6.45, 7) is 1.83. The van der Waals surface area contributed by atoms with Gasteiger partial charge >= 0.3 is 0 Å². The molecule has 0 heterocycles. The molecule has 0 spiro atoms. The highest BCUT2D eigenvalue weighted by Gasteiger charge is 2.12. The number of amides is 1. The van der Waals surface area contributed by atoms with E-state index in [1.54, 1.807) is 12.1 Å². The lowest BCUT2D eigenvalue weighted by Gasteiger charge is -2.14. The maximum absolute atomic E-state index is 13.1. The van der Waals surface area contributed by atoms with Crippen LogP contribution < -0.4 is 11.1 Å². The third-order valence-corrected chi connectivity index (χ3v) is 2.66. The zero-order valence-electron chi connectivity index (χ0n) is 8.26. The zero-order valence-corrected chi connectivity index (χ0v) is 9.84. The summed E-state index contributed by atoms with van der Waals surface area (Å²) >= 11 is 3.05. The quantitative estimate of drug-likeness (QED) is 0.885. The maximum Gasteiger partial charge on any atom is 0.239 e. The minimum atomic E-state index is -0.467. The summed E-state index contributed by atoms with van der Waals surface area (Å²) in [6, 6.07) is 4.10. The molecule has 1 rings (SSSR count). The van der Waals surface area contributed by atoms with Crippen LogP contribution in [0, 0.1) is 5.82 Å². The van der Waals surface area contributed by atoms with Crippen molar-refractivity contribution in [2.75, 3.05) is 5.32 Å². The Morgan fingerprint density at radius 1 is 1.67 bits per heavy atom. The summed E-state index contributed by atoms with van der Waals surface area (Å²) in [5.41, 5.74) is 5.70. The maximum atomic E-state index is 13.1. The van der Waals surface area contributed by atoms with Crippen LogP contribution in [-0.4, -0.2) is 11.9 Å². The number of nitrogens with one attached hydrogen (secondary N) is 1. The first-order valence-electron chi connectivity index (χ1n) is 4.55. The Bertz CT molecular complexity index is 370. The number of hydrogen-bond donors (Lipinski definition) is 2. The number of carbonyl (C=O) groups is 1. The van der Waals surface area contributed by atoms with Gasteiger partial charge in [0.25, 0.3) is 0 Å². The molecule has 0 aromatic heterocycles. The van der Waals surface area contributed by atoms with Crippen LogP contribution in [-0.2, 0) is 4.79 Å². The molecule has 0 saturated heterocycles. The summed E-state index contributed by atoms with van der Waals surface area (Å²) in [4.78, 5) is 10.9. The second-order valence-corrected chi connectivity index (χ2v) is 3.99. The molecule has 15 heavy (non-hydrogen) atoms. The molecule has 1 amide bonds. The molecule has 0 aliphatic rings. The van der Waals surface area contributed by atoms with Crippen molar-refractivity contribution in [1.82, 2.24) is 0 Å². The molecule has 0 unspecified atom stereocenters. The highest BCUT2D eigenvalue weighted by Crippen LogP contribution is 2.20. The van der Waals surface area contributed by atoms with E-state index in [1.165, 1.54) is 6.07 Å². The molecule has 1 aromatic rings. The van der Waals surface area contributed by atoms with Gasteiger partial charge in [0, 0.05) is 5.69 Å². The lowest BCUT2D eigenvalue weighted by Crippen LogP contribution is -2.34. The monoisotopic (exact) mass is 274 g/mol. The second-order valence-electron chi connectivity index (χ2n) is 3.14. The molecule has 0 aliphatic carbocycles. The third kappa shape index (κ3) is 3.20. The molecule has 3 N–H and O–H groups in total. The molecule has 5 heteroatoms. The van der Waals surface area contributed by atoms with E-state index in [0.29, 0.717) is 16.6 Å². The van der Waals surface area contributed by atoms with Crippen LogP contribution in [0.25, 0.3) is 0 Å². The molecule has 0 aliphatic heterocycles. The molecule has 3 nitrogen and oxygen atoms in total. The molecule has 0 saturated carbocycles. The zero-order chi connectivity index (χ0) is 11.4. The van der Waals surface area contributed by atoms with Gasteiger partial charge in [-0.3, -0.25) is 4.79 Å². The molecule has 0 fully saturated rings. The van der Waals surface area contributed by atoms with Crippen molar-refractivity contribution in [3.63, 3.8) is 0 Å². The lowest BCUT2D eigenvalue weighted by atomic mass is 10.2. The highest BCUT2D eigenvalue weighted by molar-refractivity contribution is 9.10. The first-order chi connectivity index (χ1) is 7.04. The second kappa shape index (κ2) is 5.11. The molecule has 0 radical (unpaired) electrons. The summed E-state index contributed by atoms with van der Waals surface area (Å²) in [5.74, 6) is -0.819. The largest absolute Gasteiger partial charge is 0.374 e. The third-order valence-electron chi connectivity index (χ3n) is 2.01. The number of carbonyl (C=O) groups excluding carboxylic acids is 1. The van der Waals surface area contributed by atoms with E-state index in [4.69, 9.17) is 5.73 Å². The van der Waals surface area contributed by atoms with Crippen molar-refractivity contribution in [3.8, 4) is 0 Å². The Morgan fingerprint density at radius 3 is 2.80 bits per heavy atom. The lowest BCUT2D eigenvalue weighted by molar-refractivity contribution is -0.118. The van der Waals surface area contributed by atoms with Crippen molar-refractivity contribution < 1.29 is 9.18 Å². The van der Waals surface area contributed by atoms with Gasteiger partial charge in [-0.2, -0.15) is 0 Å². The molecule has 1 atom stereocenters. The van der Waals surface area contributed by atoms with E-state index >= 15 is 0 Å². The fourth-order valence-corrected chi connectivity index (χ4v) is 1.41. The van der Waals surface area contributed by atoms with Crippen LogP contribution in [0.2, 0.25) is 0 Å². The average Bonchev–Trinajstić information content (AvgIpc) is 2.19. The van der Waals surface area contributed by atoms with Crippen LogP contribution >= 0.6 is 15.9 Å². The van der Waals surface area contributed by atoms with Crippen molar-refractivity contribution in [2.24, 2.45) is 5.73 Å². The van der Waals surface area contributed by atoms with Crippen molar-refractivity contribution >= 4 is 27.5 Å². The van der Waals surface area contributed by atoms with Crippen molar-refractivity contribution in [1.29, 1.82) is 0 Å². The first kappa shape index (κ1) is 12.0. The number of nitrogens with two attached hydrogens (primary N) is 1. The summed E-state index contributed by atoms with van der Waals surface area (Å²) in [5, 5.41) is 2.86. The van der Waals surface area contributed by atoms with E-state index in [9.17, 15) is 9.18 Å². The van der Waals surface area contributed by atoms with Gasteiger partial charge in [0.05, 0.1) is 4.47 Å². The Hall–Kier alpha value is -1.10. The fraction of sp³-hybridized carbons (Fsp3) is 0.300. The Balaban J connectivity index is 2.80. The van der Waals surface area contributed by atoms with Gasteiger partial charge in [-0.1, -0.05) is 6.92 Å². The number of anilines is 1. The Morgan fingerprint density at radius 2 is 2.33 bits per heavy atom. The van der Waals surface area contributed by atoms with E-state index in [0.717, 1.165) is 0 Å². The van der Waals surface area contributed by atoms with E-state index in [1.807, 2.05) is 6.92 Å². The molecular weight excluding hydrogens is 263 g/mol. The minimum Gasteiger partial charge on any atom is -0.374 e. The van der Waals surface area contributed by atoms with Crippen LogP contribution in [0.3, 0.4) is 0 Å². The number of hydrogen-bond acceptors (Lipinski definition) is 2. The predicted molar refractivity (Wildman–Crippen MR) is 61.0 cm³/mol. The van der Waals surface area contributed by atoms with Gasteiger partial charge < -0.3 is 11.1 Å². The molecule has 1 aromatic carbocycles. The number of rotatable bonds is 4. The SMILES string of the molecule is CC[C@H](Nc1ccc(Br)c(F)c1)C(N)=O. The van der Waals surface area contributed by atoms with E-state index < -0.39 is 11.9 Å². The van der Waals surface area contributed by atoms with E-state index in [-0.39, 0.29) is 5.82 Å². The number of primary amides is 1. The Kier molecular flexibility index (Phi) is 4.08. The predicted octanol–water partition coefficient (Wildman–Crippen LogP) is 2.26. The van der Waals surface area contributed by atoms with E-state index in [2.05, 4.69) is 21.2 Å². The standard InChI is InChI=1S/C10H12BrFN2O/c1-2-9(10(13)15)14-6-3-4-7(11)8(12)5-6/h3-5,9,14H,2H2,1H3,(H2,13,15)/t9-/m0/s1. The number of halogens is 2. The fourth-order valence-electron chi connectivity index (χ4n) is 1.16. The number of benzene rings is 1. The Labute approximate surface area is 96.0 Å². The van der Waals surface area contributed by atoms with Gasteiger partial charge in [-0.25, -0.2) is 4.39 Å². The first-order valence-corrected chi connectivity index (χ1v) is 5.34. The van der Waals surface area contributed by atoms with Crippen LogP contribution in [0.5, 0.6) is 0 Å². The normalized spacial score (nSPS) is 12.2. The summed E-state index contributed by atoms with van der Waals surface area (Å²) in [6.07, 6.45) is 0.563. The molecular formula is C10H12BrFN2O. The van der Waals surface area contributed by atoms with Gasteiger partial charge in [-0.15, -0.1) is 0 Å². The summed E-state index contributed by atoms with van der Waals surface area (Å²) in [7, 11) is 0. The highest BCUT2D eigenvalue weighted by atomic mass is 79.9. The van der Waals surface area contributed by atoms with Crippen LogP contribution in [0.15, 0.2) is 22.7 Å². The van der Waals surface area contributed by atoms with Crippen LogP contribution in [0.4, 0.5) is 10.1 Å². The smallest absolute Gasteiger partial charge is 0.239 e. The average molecular weight is 275 g/mol. The van der Waals surface area contributed by atoms with Gasteiger partial charge in [0.1, 0.15) is 11.9 Å². The van der Waals surface area contributed by atoms with Crippen molar-refractivity contribution in [3.05, 3.63) is 28.5 Å². The minimum absolute atomic E-state index is 0.376. The molecule has 0 bridgehead atoms. The molecule has 82 valence electrons. The van der Waals surface area contributed by atoms with Crippen molar-refractivity contribution in [2.45, 2.75) is 19.4 Å².